The molecule has 12 heteroatoms. The highest BCUT2D eigenvalue weighted by molar-refractivity contribution is 7.99. The van der Waals surface area contributed by atoms with E-state index in [1.807, 2.05) is 12.5 Å². The summed E-state index contributed by atoms with van der Waals surface area (Å²) < 4.78 is 22.4. The van der Waals surface area contributed by atoms with Crippen LogP contribution in [-0.2, 0) is 13.6 Å². The van der Waals surface area contributed by atoms with E-state index in [2.05, 4.69) is 30.4 Å². The van der Waals surface area contributed by atoms with E-state index >= 15 is 0 Å². The van der Waals surface area contributed by atoms with Crippen molar-refractivity contribution in [3.05, 3.63) is 24.3 Å². The third kappa shape index (κ3) is 6.21. The van der Waals surface area contributed by atoms with Crippen LogP contribution in [0.2, 0.25) is 0 Å². The molecule has 2 unspecified atom stereocenters. The average molecular weight is 392 g/mol. The van der Waals surface area contributed by atoms with Crippen molar-refractivity contribution in [2.45, 2.75) is 23.3 Å². The fourth-order valence-electron chi connectivity index (χ4n) is 1.99. The molecule has 0 fully saturated rings. The van der Waals surface area contributed by atoms with Gasteiger partial charge in [-0.25, -0.2) is 9.97 Å². The van der Waals surface area contributed by atoms with E-state index in [0.29, 0.717) is 26.1 Å². The zero-order chi connectivity index (χ0) is 17.2. The Morgan fingerprint density at radius 1 is 1.00 bits per heavy atom. The lowest BCUT2D eigenvalue weighted by Crippen LogP contribution is -2.02. The summed E-state index contributed by atoms with van der Waals surface area (Å²) in [6, 6.07) is 0. The summed E-state index contributed by atoms with van der Waals surface area (Å²) >= 11 is 3.25. The number of H-pyrrole nitrogens is 2. The molecule has 134 valence electrons. The Hall–Kier alpha value is -0.870. The maximum atomic E-state index is 11.8. The van der Waals surface area contributed by atoms with Gasteiger partial charge in [-0.3, -0.25) is 14.8 Å². The van der Waals surface area contributed by atoms with Gasteiger partial charge in [0.05, 0.1) is 23.7 Å². The van der Waals surface area contributed by atoms with Crippen LogP contribution in [0.3, 0.4) is 0 Å². The molecule has 24 heavy (non-hydrogen) atoms. The Morgan fingerprint density at radius 2 is 1.46 bits per heavy atom. The van der Waals surface area contributed by atoms with E-state index < -0.39 is 8.25 Å². The molecule has 0 aliphatic rings. The number of thioether (sulfide) groups is 2. The normalized spacial score (nSPS) is 15.2. The molecular weight excluding hydrogens is 371 g/mol. The number of hydrogen-bond donors (Lipinski definition) is 2. The Morgan fingerprint density at radius 3 is 1.79 bits per heavy atom. The molecule has 0 aliphatic heterocycles. The van der Waals surface area contributed by atoms with Crippen LogP contribution in [0, 0.1) is 0 Å². The lowest BCUT2D eigenvalue weighted by molar-refractivity contribution is 0.220. The first kappa shape index (κ1) is 19.5. The molecule has 2 aromatic rings. The number of hydrogen-bond acceptors (Lipinski definition) is 9. The molecule has 0 saturated heterocycles. The first-order chi connectivity index (χ1) is 11.7. The molecule has 0 saturated carbocycles. The minimum Gasteiger partial charge on any atom is -0.311 e. The van der Waals surface area contributed by atoms with Crippen LogP contribution in [0.5, 0.6) is 0 Å². The number of rotatable bonds is 12. The molecule has 0 radical (unpaired) electrons. The molecule has 0 aromatic carbocycles. The van der Waals surface area contributed by atoms with Gasteiger partial charge >= 0.3 is 8.25 Å². The van der Waals surface area contributed by atoms with Crippen molar-refractivity contribution in [3.8, 4) is 0 Å². The van der Waals surface area contributed by atoms with Crippen LogP contribution < -0.4 is 0 Å². The monoisotopic (exact) mass is 392 g/mol. The van der Waals surface area contributed by atoms with Gasteiger partial charge in [0, 0.05) is 0 Å². The fourth-order valence-corrected chi connectivity index (χ4v) is 3.96. The van der Waals surface area contributed by atoms with E-state index in [9.17, 15) is 4.57 Å². The van der Waals surface area contributed by atoms with E-state index in [4.69, 9.17) is 9.05 Å². The smallest absolute Gasteiger partial charge is 0.311 e. The van der Waals surface area contributed by atoms with Crippen LogP contribution in [0.4, 0.5) is 0 Å². The lowest BCUT2D eigenvalue weighted by atomic mass is 10.3. The van der Waals surface area contributed by atoms with Gasteiger partial charge in [-0.05, 0) is 25.4 Å². The van der Waals surface area contributed by atoms with E-state index in [0.717, 1.165) is 11.6 Å². The molecular formula is C12H21N6O3PS2. The number of nitrogens with zero attached hydrogens (tertiary/aromatic N) is 4. The van der Waals surface area contributed by atoms with Gasteiger partial charge in [-0.2, -0.15) is 33.7 Å². The third-order valence-corrected chi connectivity index (χ3v) is 6.12. The quantitative estimate of drug-likeness (QED) is 0.525. The summed E-state index contributed by atoms with van der Waals surface area (Å²) in [5, 5.41) is 13.7. The van der Waals surface area contributed by atoms with Crippen molar-refractivity contribution >= 4 is 31.8 Å². The molecule has 0 aliphatic carbocycles. The molecule has 2 atom stereocenters. The van der Waals surface area contributed by atoms with E-state index in [1.165, 1.54) is 0 Å². The molecule has 2 heterocycles. The summed E-state index contributed by atoms with van der Waals surface area (Å²) in [4.78, 5) is 8.25. The van der Waals surface area contributed by atoms with E-state index in [-0.39, 0.29) is 10.5 Å². The zero-order valence-corrected chi connectivity index (χ0v) is 16.1. The van der Waals surface area contributed by atoms with Gasteiger partial charge in [0.1, 0.15) is 12.7 Å². The molecule has 2 N–H and O–H groups in total. The second-order valence-electron chi connectivity index (χ2n) is 4.69. The molecule has 0 bridgehead atoms. The van der Waals surface area contributed by atoms with Crippen molar-refractivity contribution in [3.63, 3.8) is 0 Å². The third-order valence-electron chi connectivity index (χ3n) is 3.21. The summed E-state index contributed by atoms with van der Waals surface area (Å²) in [6.07, 6.45) is 8.38. The maximum absolute atomic E-state index is 11.8. The van der Waals surface area contributed by atoms with Crippen LogP contribution >= 0.6 is 31.8 Å². The molecule has 2 rings (SSSR count). The Labute approximate surface area is 149 Å². The molecule has 2 aromatic heterocycles. The molecule has 0 amide bonds. The number of aromatic amines is 2. The molecule has 9 nitrogen and oxygen atoms in total. The minimum absolute atomic E-state index is 0.109. The Balaban J connectivity index is 1.63. The predicted octanol–water partition coefficient (Wildman–Crippen LogP) is 2.63. The number of aromatic nitrogens is 6. The summed E-state index contributed by atoms with van der Waals surface area (Å²) in [5.41, 5.74) is 0. The lowest BCUT2D eigenvalue weighted by Gasteiger charge is -2.12. The second kappa shape index (κ2) is 10.9. The van der Waals surface area contributed by atoms with Gasteiger partial charge in [-0.1, -0.05) is 0 Å². The summed E-state index contributed by atoms with van der Waals surface area (Å²) in [6.45, 7) is 0.676. The van der Waals surface area contributed by atoms with Crippen LogP contribution in [0.25, 0.3) is 0 Å². The largest absolute Gasteiger partial charge is 0.319 e. The SMILES string of the molecule is CSC(CCO[PH](=O)OCCC(SC)c1nc[nH]n1)c1nc[nH]n1. The highest BCUT2D eigenvalue weighted by atomic mass is 32.2. The standard InChI is InChI=1S/C12H21N6O3PS2/c1-23-9(11-13-7-15-17-11)3-5-20-22(19)21-6-4-10(24-2)12-14-8-16-18-12/h7-10,22H,3-6H2,1-2H3,(H,13,15,17)(H,14,16,18). The summed E-state index contributed by atoms with van der Waals surface area (Å²) in [7, 11) is -2.50. The van der Waals surface area contributed by atoms with Gasteiger partial charge < -0.3 is 9.05 Å². The van der Waals surface area contributed by atoms with E-state index in [1.54, 1.807) is 36.2 Å². The first-order valence-corrected chi connectivity index (χ1v) is 11.1. The minimum atomic E-state index is -2.50. The van der Waals surface area contributed by atoms with Gasteiger partial charge in [0.25, 0.3) is 0 Å². The fraction of sp³-hybridized carbons (Fsp3) is 0.667. The van der Waals surface area contributed by atoms with Gasteiger partial charge in [0.15, 0.2) is 11.6 Å². The highest BCUT2D eigenvalue weighted by Crippen LogP contribution is 2.32. The van der Waals surface area contributed by atoms with Gasteiger partial charge in [0.2, 0.25) is 0 Å². The molecule has 0 spiro atoms. The first-order valence-electron chi connectivity index (χ1n) is 7.31. The van der Waals surface area contributed by atoms with Crippen molar-refractivity contribution < 1.29 is 13.6 Å². The van der Waals surface area contributed by atoms with Crippen molar-refractivity contribution in [1.29, 1.82) is 0 Å². The Kier molecular flexibility index (Phi) is 8.82. The van der Waals surface area contributed by atoms with Crippen LogP contribution in [0.1, 0.15) is 35.0 Å². The topological polar surface area (TPSA) is 119 Å². The number of nitrogens with one attached hydrogen (secondary N) is 2. The van der Waals surface area contributed by atoms with Gasteiger partial charge in [-0.15, -0.1) is 0 Å². The maximum Gasteiger partial charge on any atom is 0.319 e. The predicted molar refractivity (Wildman–Crippen MR) is 95.4 cm³/mol. The van der Waals surface area contributed by atoms with Crippen molar-refractivity contribution in [2.75, 3.05) is 25.7 Å². The summed E-state index contributed by atoms with van der Waals surface area (Å²) in [5.74, 6) is 1.45. The highest BCUT2D eigenvalue weighted by Gasteiger charge is 2.16. The van der Waals surface area contributed by atoms with Crippen LogP contribution in [0.15, 0.2) is 12.7 Å². The Bertz CT molecular complexity index is 535. The van der Waals surface area contributed by atoms with Crippen molar-refractivity contribution in [1.82, 2.24) is 30.4 Å². The second-order valence-corrected chi connectivity index (χ2v) is 7.85. The average Bonchev–Trinajstić information content (AvgIpc) is 3.29. The van der Waals surface area contributed by atoms with Crippen molar-refractivity contribution in [2.24, 2.45) is 0 Å². The van der Waals surface area contributed by atoms with Crippen LogP contribution in [-0.4, -0.2) is 56.1 Å². The zero-order valence-electron chi connectivity index (χ0n) is 13.5.